The largest absolute Gasteiger partial charge is 0.326 e. The summed E-state index contributed by atoms with van der Waals surface area (Å²) >= 11 is 13.7. The molecule has 11 heteroatoms. The van der Waals surface area contributed by atoms with Gasteiger partial charge in [0.1, 0.15) is 10.4 Å². The zero-order valence-corrected chi connectivity index (χ0v) is 21.3. The van der Waals surface area contributed by atoms with Crippen molar-refractivity contribution in [1.29, 1.82) is 0 Å². The lowest BCUT2D eigenvalue weighted by Crippen LogP contribution is -2.28. The predicted octanol–water partition coefficient (Wildman–Crippen LogP) is 4.81. The van der Waals surface area contributed by atoms with Crippen molar-refractivity contribution in [2.24, 2.45) is 10.2 Å². The monoisotopic (exact) mass is 528 g/mol. The number of benzene rings is 2. The summed E-state index contributed by atoms with van der Waals surface area (Å²) in [6, 6.07) is 15.1. The van der Waals surface area contributed by atoms with Crippen molar-refractivity contribution in [3.05, 3.63) is 81.1 Å². The van der Waals surface area contributed by atoms with Gasteiger partial charge in [-0.1, -0.05) is 71.4 Å². The Morgan fingerprint density at radius 2 is 2.00 bits per heavy atom. The van der Waals surface area contributed by atoms with Crippen molar-refractivity contribution < 1.29 is 9.59 Å². The van der Waals surface area contributed by atoms with E-state index in [1.54, 1.807) is 16.8 Å². The zero-order valence-electron chi connectivity index (χ0n) is 19.0. The molecule has 0 unspecified atom stereocenters. The molecule has 35 heavy (non-hydrogen) atoms. The number of amides is 2. The molecule has 8 nitrogen and oxygen atoms in total. The Kier molecular flexibility index (Phi) is 7.90. The van der Waals surface area contributed by atoms with Gasteiger partial charge in [0.2, 0.25) is 11.8 Å². The minimum absolute atomic E-state index is 0.0120. The van der Waals surface area contributed by atoms with E-state index >= 15 is 0 Å². The Morgan fingerprint density at radius 3 is 2.74 bits per heavy atom. The van der Waals surface area contributed by atoms with Gasteiger partial charge in [-0.3, -0.25) is 9.59 Å². The molecule has 1 aliphatic heterocycles. The van der Waals surface area contributed by atoms with E-state index in [9.17, 15) is 9.59 Å². The summed E-state index contributed by atoms with van der Waals surface area (Å²) in [5.41, 5.74) is 3.92. The van der Waals surface area contributed by atoms with E-state index in [4.69, 9.17) is 23.2 Å². The molecule has 0 spiro atoms. The standard InChI is InChI=1S/C24H22Cl2N6O2S/c1-14-8-9-17(10-19(14)25)28-21(33)11-20-23(34)29-24(35-20)30-27-12-18-15(2)31-32(22(18)26)13-16-6-4-3-5-7-16/h3-10,12,20H,11,13H2,1-2H3,(H,28,33)(H,29,30,34)/b27-12-/t20-/m1/s1. The maximum Gasteiger partial charge on any atom is 0.240 e. The molecule has 4 rings (SSSR count). The Morgan fingerprint density at radius 1 is 1.23 bits per heavy atom. The lowest BCUT2D eigenvalue weighted by atomic mass is 10.2. The number of carbonyl (C=O) groups excluding carboxylic acids is 2. The number of thioether (sulfide) groups is 1. The average molecular weight is 529 g/mol. The number of carbonyl (C=O) groups is 2. The van der Waals surface area contributed by atoms with Crippen LogP contribution in [0.1, 0.15) is 28.8 Å². The zero-order chi connectivity index (χ0) is 24.9. The summed E-state index contributed by atoms with van der Waals surface area (Å²) in [7, 11) is 0. The lowest BCUT2D eigenvalue weighted by molar-refractivity contribution is -0.122. The third-order valence-electron chi connectivity index (χ3n) is 5.22. The summed E-state index contributed by atoms with van der Waals surface area (Å²) < 4.78 is 1.70. The Balaban J connectivity index is 1.36. The molecule has 0 saturated carbocycles. The first-order chi connectivity index (χ1) is 16.8. The number of aryl methyl sites for hydroxylation is 2. The van der Waals surface area contributed by atoms with Crippen LogP contribution in [-0.4, -0.2) is 38.2 Å². The molecule has 1 fully saturated rings. The molecule has 2 amide bonds. The number of rotatable bonds is 7. The number of nitrogens with zero attached hydrogens (tertiary/aromatic N) is 4. The van der Waals surface area contributed by atoms with Crippen LogP contribution in [0.2, 0.25) is 10.2 Å². The molecule has 1 atom stereocenters. The van der Waals surface area contributed by atoms with Crippen LogP contribution < -0.4 is 10.6 Å². The first kappa shape index (κ1) is 25.0. The number of nitrogens with one attached hydrogen (secondary N) is 2. The van der Waals surface area contributed by atoms with Gasteiger partial charge in [0.25, 0.3) is 0 Å². The Labute approximate surface area is 216 Å². The molecule has 0 radical (unpaired) electrons. The summed E-state index contributed by atoms with van der Waals surface area (Å²) in [5.74, 6) is -0.596. The number of amidine groups is 1. The van der Waals surface area contributed by atoms with E-state index in [1.807, 2.05) is 50.2 Å². The fourth-order valence-corrected chi connectivity index (χ4v) is 4.74. The molecule has 180 valence electrons. The molecule has 1 aliphatic rings. The van der Waals surface area contributed by atoms with Gasteiger partial charge in [0.15, 0.2) is 5.17 Å². The Bertz CT molecular complexity index is 1320. The average Bonchev–Trinajstić information content (AvgIpc) is 3.30. The van der Waals surface area contributed by atoms with Crippen molar-refractivity contribution in [2.75, 3.05) is 5.32 Å². The molecule has 1 saturated heterocycles. The lowest BCUT2D eigenvalue weighted by Gasteiger charge is -2.08. The number of halogens is 2. The third-order valence-corrected chi connectivity index (χ3v) is 7.10. The van der Waals surface area contributed by atoms with E-state index < -0.39 is 5.25 Å². The minimum Gasteiger partial charge on any atom is -0.326 e. The normalized spacial score (nSPS) is 16.7. The van der Waals surface area contributed by atoms with Crippen LogP contribution in [0, 0.1) is 13.8 Å². The number of hydrogen-bond donors (Lipinski definition) is 2. The van der Waals surface area contributed by atoms with Crippen molar-refractivity contribution >= 4 is 63.8 Å². The van der Waals surface area contributed by atoms with Crippen LogP contribution in [0.3, 0.4) is 0 Å². The van der Waals surface area contributed by atoms with Gasteiger partial charge in [-0.2, -0.15) is 10.2 Å². The highest BCUT2D eigenvalue weighted by molar-refractivity contribution is 8.15. The molecule has 0 aliphatic carbocycles. The van der Waals surface area contributed by atoms with Crippen LogP contribution in [0.25, 0.3) is 0 Å². The van der Waals surface area contributed by atoms with Gasteiger partial charge in [-0.15, -0.1) is 5.10 Å². The topological polar surface area (TPSA) is 101 Å². The first-order valence-electron chi connectivity index (χ1n) is 10.7. The highest BCUT2D eigenvalue weighted by Crippen LogP contribution is 2.25. The van der Waals surface area contributed by atoms with Crippen LogP contribution in [0.5, 0.6) is 0 Å². The van der Waals surface area contributed by atoms with Gasteiger partial charge in [-0.05, 0) is 37.1 Å². The Hall–Kier alpha value is -3.14. The van der Waals surface area contributed by atoms with Crippen LogP contribution in [-0.2, 0) is 16.1 Å². The van der Waals surface area contributed by atoms with Gasteiger partial charge in [0.05, 0.1) is 24.0 Å². The van der Waals surface area contributed by atoms with Crippen LogP contribution in [0.4, 0.5) is 5.69 Å². The summed E-state index contributed by atoms with van der Waals surface area (Å²) in [6.45, 7) is 4.25. The first-order valence-corrected chi connectivity index (χ1v) is 12.3. The number of hydrogen-bond acceptors (Lipinski definition) is 6. The SMILES string of the molecule is Cc1ccc(NC(=O)C[C@H]2S/C(=N\N=C/c3c(C)nn(Cc4ccccc4)c3Cl)NC2=O)cc1Cl. The summed E-state index contributed by atoms with van der Waals surface area (Å²) in [4.78, 5) is 24.7. The van der Waals surface area contributed by atoms with Gasteiger partial charge in [0, 0.05) is 17.1 Å². The molecule has 1 aromatic heterocycles. The third kappa shape index (κ3) is 6.30. The highest BCUT2D eigenvalue weighted by Gasteiger charge is 2.32. The van der Waals surface area contributed by atoms with Crippen molar-refractivity contribution in [2.45, 2.75) is 32.1 Å². The van der Waals surface area contributed by atoms with Crippen LogP contribution in [0.15, 0.2) is 58.7 Å². The van der Waals surface area contributed by atoms with Crippen LogP contribution >= 0.6 is 35.0 Å². The summed E-state index contributed by atoms with van der Waals surface area (Å²) in [5, 5.41) is 18.7. The maximum atomic E-state index is 12.4. The second-order valence-corrected chi connectivity index (χ2v) is 9.85. The van der Waals surface area contributed by atoms with Gasteiger partial charge >= 0.3 is 0 Å². The van der Waals surface area contributed by atoms with Gasteiger partial charge < -0.3 is 10.6 Å². The van der Waals surface area contributed by atoms with Crippen molar-refractivity contribution in [3.8, 4) is 0 Å². The fourth-order valence-electron chi connectivity index (χ4n) is 3.35. The highest BCUT2D eigenvalue weighted by atomic mass is 35.5. The smallest absolute Gasteiger partial charge is 0.240 e. The van der Waals surface area contributed by atoms with E-state index in [0.29, 0.717) is 38.8 Å². The summed E-state index contributed by atoms with van der Waals surface area (Å²) in [6.07, 6.45) is 1.50. The van der Waals surface area contributed by atoms with Gasteiger partial charge in [-0.25, -0.2) is 4.68 Å². The van der Waals surface area contributed by atoms with E-state index in [2.05, 4.69) is 25.9 Å². The van der Waals surface area contributed by atoms with E-state index in [-0.39, 0.29) is 18.2 Å². The molecular formula is C24H22Cl2N6O2S. The second kappa shape index (κ2) is 11.1. The molecule has 2 N–H and O–H groups in total. The molecule has 2 aromatic carbocycles. The second-order valence-electron chi connectivity index (χ2n) is 7.89. The maximum absolute atomic E-state index is 12.4. The predicted molar refractivity (Wildman–Crippen MR) is 142 cm³/mol. The van der Waals surface area contributed by atoms with Crippen molar-refractivity contribution in [3.63, 3.8) is 0 Å². The minimum atomic E-state index is -0.608. The molecule has 0 bridgehead atoms. The fraction of sp³-hybridized carbons (Fsp3) is 0.208. The molecule has 3 aromatic rings. The molecule has 2 heterocycles. The molecular weight excluding hydrogens is 507 g/mol. The van der Waals surface area contributed by atoms with E-state index in [0.717, 1.165) is 22.9 Å². The number of anilines is 1. The quantitative estimate of drug-likeness (QED) is 0.339. The van der Waals surface area contributed by atoms with E-state index in [1.165, 1.54) is 6.21 Å². The van der Waals surface area contributed by atoms with Crippen molar-refractivity contribution in [1.82, 2.24) is 15.1 Å². The number of aromatic nitrogens is 2.